The first-order chi connectivity index (χ1) is 11.6. The van der Waals surface area contributed by atoms with Crippen molar-refractivity contribution in [2.75, 3.05) is 20.8 Å². The van der Waals surface area contributed by atoms with E-state index in [0.717, 1.165) is 12.0 Å². The zero-order valence-electron chi connectivity index (χ0n) is 14.9. The molecule has 0 aliphatic carbocycles. The molecule has 25 heavy (non-hydrogen) atoms. The molecule has 1 amide bonds. The van der Waals surface area contributed by atoms with Gasteiger partial charge in [-0.3, -0.25) is 4.79 Å². The number of amides is 1. The third-order valence-electron chi connectivity index (χ3n) is 3.84. The number of nitrogens with zero attached hydrogens (tertiary/aromatic N) is 1. The predicted octanol–water partition coefficient (Wildman–Crippen LogP) is -0.947. The standard InChI is InChI=1S/C19H24N2O3.BrH/c1-15-7-11-21(12-8-15)13-9-19(22)20-10-6-16-4-5-17(23-2)18(14-16)24-3;/h4-5,7-8,11-12,14H,6,9-10,13H2,1-3H3;1H. The van der Waals surface area contributed by atoms with Crippen LogP contribution in [0.25, 0.3) is 0 Å². The van der Waals surface area contributed by atoms with Crippen molar-refractivity contribution < 1.29 is 35.8 Å². The molecule has 0 spiro atoms. The number of halogens is 1. The number of pyridine rings is 1. The minimum absolute atomic E-state index is 0. The number of aryl methyl sites for hydroxylation is 2. The van der Waals surface area contributed by atoms with Crippen LogP contribution in [0, 0.1) is 6.92 Å². The lowest BCUT2D eigenvalue weighted by molar-refractivity contribution is -0.695. The Bertz CT molecular complexity index is 675. The van der Waals surface area contributed by atoms with Gasteiger partial charge in [-0.2, -0.15) is 0 Å². The number of carbonyl (C=O) groups is 1. The van der Waals surface area contributed by atoms with E-state index in [0.29, 0.717) is 31.0 Å². The van der Waals surface area contributed by atoms with Gasteiger partial charge in [-0.05, 0) is 36.6 Å². The zero-order valence-corrected chi connectivity index (χ0v) is 16.5. The van der Waals surface area contributed by atoms with Gasteiger partial charge in [0.05, 0.1) is 20.6 Å². The number of aromatic nitrogens is 1. The molecule has 0 bridgehead atoms. The quantitative estimate of drug-likeness (QED) is 0.573. The lowest BCUT2D eigenvalue weighted by atomic mass is 10.1. The van der Waals surface area contributed by atoms with Crippen LogP contribution < -0.4 is 36.3 Å². The van der Waals surface area contributed by atoms with Gasteiger partial charge in [0.25, 0.3) is 0 Å². The van der Waals surface area contributed by atoms with Gasteiger partial charge in [0.1, 0.15) is 0 Å². The second kappa shape index (κ2) is 10.7. The van der Waals surface area contributed by atoms with Crippen LogP contribution in [0.3, 0.4) is 0 Å². The van der Waals surface area contributed by atoms with Crippen molar-refractivity contribution in [3.05, 3.63) is 53.9 Å². The van der Waals surface area contributed by atoms with E-state index < -0.39 is 0 Å². The summed E-state index contributed by atoms with van der Waals surface area (Å²) in [6, 6.07) is 9.87. The molecule has 1 aromatic heterocycles. The van der Waals surface area contributed by atoms with E-state index in [-0.39, 0.29) is 22.9 Å². The van der Waals surface area contributed by atoms with Crippen LogP contribution >= 0.6 is 0 Å². The third-order valence-corrected chi connectivity index (χ3v) is 3.84. The Labute approximate surface area is 159 Å². The number of rotatable bonds is 8. The first-order valence-electron chi connectivity index (χ1n) is 8.05. The van der Waals surface area contributed by atoms with E-state index >= 15 is 0 Å². The molecule has 0 saturated heterocycles. The summed E-state index contributed by atoms with van der Waals surface area (Å²) in [7, 11) is 3.23. The largest absolute Gasteiger partial charge is 1.00 e. The average Bonchev–Trinajstić information content (AvgIpc) is 2.61. The minimum atomic E-state index is 0. The first kappa shape index (κ1) is 21.0. The van der Waals surface area contributed by atoms with Crippen molar-refractivity contribution in [1.29, 1.82) is 0 Å². The summed E-state index contributed by atoms with van der Waals surface area (Å²) >= 11 is 0. The summed E-state index contributed by atoms with van der Waals surface area (Å²) in [5.41, 5.74) is 2.31. The van der Waals surface area contributed by atoms with Crippen molar-refractivity contribution in [2.45, 2.75) is 26.3 Å². The highest BCUT2D eigenvalue weighted by atomic mass is 79.9. The fourth-order valence-corrected chi connectivity index (χ4v) is 2.38. The van der Waals surface area contributed by atoms with Gasteiger partial charge in [-0.15, -0.1) is 0 Å². The van der Waals surface area contributed by atoms with Crippen LogP contribution in [0.1, 0.15) is 17.5 Å². The number of ether oxygens (including phenoxy) is 2. The molecule has 1 N–H and O–H groups in total. The Kier molecular flexibility index (Phi) is 8.99. The van der Waals surface area contributed by atoms with E-state index in [4.69, 9.17) is 9.47 Å². The number of nitrogens with one attached hydrogen (secondary N) is 1. The Balaban J connectivity index is 0.00000312. The molecular formula is C19H25BrN2O3. The van der Waals surface area contributed by atoms with Gasteiger partial charge in [0, 0.05) is 18.7 Å². The summed E-state index contributed by atoms with van der Waals surface area (Å²) in [6.07, 6.45) is 5.21. The Morgan fingerprint density at radius 2 is 1.76 bits per heavy atom. The lowest BCUT2D eigenvalue weighted by Gasteiger charge is -2.10. The fraction of sp³-hybridized carbons (Fsp3) is 0.368. The average molecular weight is 409 g/mol. The summed E-state index contributed by atoms with van der Waals surface area (Å²) in [5.74, 6) is 1.47. The van der Waals surface area contributed by atoms with Crippen LogP contribution in [0.15, 0.2) is 42.7 Å². The minimum Gasteiger partial charge on any atom is -1.00 e. The molecule has 0 atom stereocenters. The van der Waals surface area contributed by atoms with Crippen LogP contribution in [0.5, 0.6) is 11.5 Å². The van der Waals surface area contributed by atoms with Crippen molar-refractivity contribution in [2.24, 2.45) is 0 Å². The first-order valence-corrected chi connectivity index (χ1v) is 8.05. The summed E-state index contributed by atoms with van der Waals surface area (Å²) in [4.78, 5) is 11.9. The molecule has 136 valence electrons. The van der Waals surface area contributed by atoms with E-state index in [1.54, 1.807) is 14.2 Å². The molecule has 0 aliphatic rings. The van der Waals surface area contributed by atoms with Crippen LogP contribution in [-0.4, -0.2) is 26.7 Å². The zero-order chi connectivity index (χ0) is 17.4. The SMILES string of the molecule is COc1ccc(CCNC(=O)CC[n+]2ccc(C)cc2)cc1OC.[Br-]. The molecule has 0 radical (unpaired) electrons. The number of hydrogen-bond acceptors (Lipinski definition) is 3. The molecule has 2 rings (SSSR count). The van der Waals surface area contributed by atoms with Crippen LogP contribution in [-0.2, 0) is 17.8 Å². The maximum atomic E-state index is 11.9. The van der Waals surface area contributed by atoms with E-state index in [9.17, 15) is 4.79 Å². The number of carbonyl (C=O) groups excluding carboxylic acids is 1. The summed E-state index contributed by atoms with van der Waals surface area (Å²) < 4.78 is 12.5. The highest BCUT2D eigenvalue weighted by Crippen LogP contribution is 2.27. The summed E-state index contributed by atoms with van der Waals surface area (Å²) in [5, 5.41) is 2.95. The lowest BCUT2D eigenvalue weighted by Crippen LogP contribution is -3.00. The number of benzene rings is 1. The van der Waals surface area contributed by atoms with Gasteiger partial charge >= 0.3 is 0 Å². The van der Waals surface area contributed by atoms with Crippen molar-refractivity contribution in [3.63, 3.8) is 0 Å². The molecular weight excluding hydrogens is 384 g/mol. The van der Waals surface area contributed by atoms with E-state index in [1.807, 2.05) is 54.2 Å². The monoisotopic (exact) mass is 408 g/mol. The molecule has 1 heterocycles. The maximum Gasteiger partial charge on any atom is 0.226 e. The predicted molar refractivity (Wildman–Crippen MR) is 92.3 cm³/mol. The maximum absolute atomic E-state index is 11.9. The Morgan fingerprint density at radius 1 is 1.08 bits per heavy atom. The van der Waals surface area contributed by atoms with E-state index in [2.05, 4.69) is 5.32 Å². The van der Waals surface area contributed by atoms with E-state index in [1.165, 1.54) is 5.56 Å². The molecule has 2 aromatic rings. The van der Waals surface area contributed by atoms with Gasteiger partial charge in [-0.1, -0.05) is 6.07 Å². The smallest absolute Gasteiger partial charge is 0.226 e. The summed E-state index contributed by atoms with van der Waals surface area (Å²) in [6.45, 7) is 3.33. The van der Waals surface area contributed by atoms with Gasteiger partial charge in [-0.25, -0.2) is 4.57 Å². The van der Waals surface area contributed by atoms with Crippen molar-refractivity contribution in [1.82, 2.24) is 5.32 Å². The normalized spacial score (nSPS) is 9.88. The number of methoxy groups -OCH3 is 2. The second-order valence-corrected chi connectivity index (χ2v) is 5.65. The Hall–Kier alpha value is -2.08. The molecule has 0 fully saturated rings. The van der Waals surface area contributed by atoms with Gasteiger partial charge in [0.2, 0.25) is 5.91 Å². The third kappa shape index (κ3) is 6.74. The fourth-order valence-electron chi connectivity index (χ4n) is 2.38. The van der Waals surface area contributed by atoms with Crippen molar-refractivity contribution in [3.8, 4) is 11.5 Å². The molecule has 6 heteroatoms. The van der Waals surface area contributed by atoms with Gasteiger partial charge in [0.15, 0.2) is 30.4 Å². The highest BCUT2D eigenvalue weighted by molar-refractivity contribution is 5.75. The number of hydrogen-bond donors (Lipinski definition) is 1. The molecule has 1 aromatic carbocycles. The van der Waals surface area contributed by atoms with Crippen LogP contribution in [0.2, 0.25) is 0 Å². The highest BCUT2D eigenvalue weighted by Gasteiger charge is 2.07. The Morgan fingerprint density at radius 3 is 2.40 bits per heavy atom. The van der Waals surface area contributed by atoms with Gasteiger partial charge < -0.3 is 31.8 Å². The second-order valence-electron chi connectivity index (χ2n) is 5.65. The topological polar surface area (TPSA) is 51.4 Å². The van der Waals surface area contributed by atoms with Crippen molar-refractivity contribution >= 4 is 5.91 Å². The molecule has 0 saturated carbocycles. The van der Waals surface area contributed by atoms with Crippen LogP contribution in [0.4, 0.5) is 0 Å². The molecule has 0 unspecified atom stereocenters. The molecule has 0 aliphatic heterocycles. The molecule has 5 nitrogen and oxygen atoms in total.